The van der Waals surface area contributed by atoms with E-state index in [1.54, 1.807) is 25.0 Å². The largest absolute Gasteiger partial charge is 0.493 e. The number of methoxy groups -OCH3 is 1. The van der Waals surface area contributed by atoms with E-state index in [2.05, 4.69) is 5.10 Å². The maximum atomic E-state index is 12.2. The molecule has 4 nitrogen and oxygen atoms in total. The second-order valence-corrected chi connectivity index (χ2v) is 5.18. The third kappa shape index (κ3) is 2.98. The predicted octanol–water partition coefficient (Wildman–Crippen LogP) is 2.71. The van der Waals surface area contributed by atoms with Crippen LogP contribution in [0.3, 0.4) is 0 Å². The summed E-state index contributed by atoms with van der Waals surface area (Å²) in [5, 5.41) is 4.04. The maximum absolute atomic E-state index is 12.2. The van der Waals surface area contributed by atoms with Gasteiger partial charge < -0.3 is 4.74 Å². The van der Waals surface area contributed by atoms with Gasteiger partial charge in [0.25, 0.3) is 0 Å². The van der Waals surface area contributed by atoms with Gasteiger partial charge in [-0.2, -0.15) is 5.10 Å². The Morgan fingerprint density at radius 2 is 2.16 bits per heavy atom. The SMILES string of the molecule is COc1cnn(C)c1C(=O)CSc1ccccc1C. The molecule has 0 saturated carbocycles. The Balaban J connectivity index is 2.10. The number of benzene rings is 1. The molecule has 2 rings (SSSR count). The molecule has 0 radical (unpaired) electrons. The summed E-state index contributed by atoms with van der Waals surface area (Å²) in [5.41, 5.74) is 1.70. The molecule has 1 aromatic heterocycles. The molecule has 0 saturated heterocycles. The lowest BCUT2D eigenvalue weighted by molar-refractivity contribution is 0.101. The van der Waals surface area contributed by atoms with Gasteiger partial charge in [-0.3, -0.25) is 9.48 Å². The highest BCUT2D eigenvalue weighted by atomic mass is 32.2. The number of rotatable bonds is 5. The number of aromatic nitrogens is 2. The van der Waals surface area contributed by atoms with Crippen LogP contribution in [0.5, 0.6) is 5.75 Å². The van der Waals surface area contributed by atoms with Gasteiger partial charge in [-0.1, -0.05) is 18.2 Å². The molecule has 0 spiro atoms. The van der Waals surface area contributed by atoms with Crippen LogP contribution in [0, 0.1) is 6.92 Å². The number of Topliss-reactive ketones (excluding diaryl/α,β-unsaturated/α-hetero) is 1. The van der Waals surface area contributed by atoms with E-state index in [4.69, 9.17) is 4.74 Å². The van der Waals surface area contributed by atoms with Crippen LogP contribution >= 0.6 is 11.8 Å². The Bertz CT molecular complexity index is 593. The van der Waals surface area contributed by atoms with Crippen molar-refractivity contribution < 1.29 is 9.53 Å². The van der Waals surface area contributed by atoms with Crippen molar-refractivity contribution in [3.63, 3.8) is 0 Å². The van der Waals surface area contributed by atoms with Crippen molar-refractivity contribution in [1.82, 2.24) is 9.78 Å². The first-order valence-electron chi connectivity index (χ1n) is 5.91. The van der Waals surface area contributed by atoms with Gasteiger partial charge in [0.1, 0.15) is 5.69 Å². The fraction of sp³-hybridized carbons (Fsp3) is 0.286. The molecule has 0 N–H and O–H groups in total. The quantitative estimate of drug-likeness (QED) is 0.622. The summed E-state index contributed by atoms with van der Waals surface area (Å²) in [6, 6.07) is 8.03. The van der Waals surface area contributed by atoms with Gasteiger partial charge in [0.15, 0.2) is 11.5 Å². The molecule has 1 heterocycles. The molecule has 0 atom stereocenters. The number of nitrogens with zero attached hydrogens (tertiary/aromatic N) is 2. The maximum Gasteiger partial charge on any atom is 0.194 e. The first-order valence-corrected chi connectivity index (χ1v) is 6.89. The standard InChI is InChI=1S/C14H16N2O2S/c1-10-6-4-5-7-13(10)19-9-11(17)14-12(18-3)8-15-16(14)2/h4-8H,9H2,1-3H3. The zero-order valence-corrected chi connectivity index (χ0v) is 12.0. The van der Waals surface area contributed by atoms with Crippen LogP contribution in [0.2, 0.25) is 0 Å². The normalized spacial score (nSPS) is 10.5. The third-order valence-electron chi connectivity index (χ3n) is 2.84. The number of hydrogen-bond acceptors (Lipinski definition) is 4. The molecule has 0 aliphatic carbocycles. The molecule has 0 fully saturated rings. The van der Waals surface area contributed by atoms with Crippen LogP contribution in [-0.4, -0.2) is 28.4 Å². The van der Waals surface area contributed by atoms with Gasteiger partial charge >= 0.3 is 0 Å². The highest BCUT2D eigenvalue weighted by Crippen LogP contribution is 2.25. The first kappa shape index (κ1) is 13.7. The average Bonchev–Trinajstić information content (AvgIpc) is 2.78. The Morgan fingerprint density at radius 3 is 2.84 bits per heavy atom. The molecule has 1 aromatic carbocycles. The van der Waals surface area contributed by atoms with Gasteiger partial charge in [-0.25, -0.2) is 0 Å². The van der Waals surface area contributed by atoms with E-state index in [1.165, 1.54) is 17.3 Å². The van der Waals surface area contributed by atoms with Gasteiger partial charge in [0.05, 0.1) is 19.1 Å². The predicted molar refractivity (Wildman–Crippen MR) is 76.0 cm³/mol. The molecule has 19 heavy (non-hydrogen) atoms. The summed E-state index contributed by atoms with van der Waals surface area (Å²) >= 11 is 1.54. The minimum absolute atomic E-state index is 0.0186. The summed E-state index contributed by atoms with van der Waals surface area (Å²) < 4.78 is 6.70. The molecule has 0 amide bonds. The number of thioether (sulfide) groups is 1. The molecule has 0 unspecified atom stereocenters. The van der Waals surface area contributed by atoms with Crippen molar-refractivity contribution in [2.24, 2.45) is 7.05 Å². The first-order chi connectivity index (χ1) is 9.13. The zero-order valence-electron chi connectivity index (χ0n) is 11.2. The van der Waals surface area contributed by atoms with E-state index in [-0.39, 0.29) is 5.78 Å². The Kier molecular flexibility index (Phi) is 4.27. The number of carbonyl (C=O) groups excluding carboxylic acids is 1. The molecule has 0 aliphatic heterocycles. The van der Waals surface area contributed by atoms with Crippen molar-refractivity contribution in [1.29, 1.82) is 0 Å². The minimum Gasteiger partial charge on any atom is -0.493 e. The molecule has 0 bridgehead atoms. The topological polar surface area (TPSA) is 44.1 Å². The lowest BCUT2D eigenvalue weighted by Crippen LogP contribution is -2.10. The molecule has 0 aliphatic rings. The Morgan fingerprint density at radius 1 is 1.42 bits per heavy atom. The van der Waals surface area contributed by atoms with Crippen molar-refractivity contribution in [2.75, 3.05) is 12.9 Å². The zero-order chi connectivity index (χ0) is 13.8. The summed E-state index contributed by atoms with van der Waals surface area (Å²) in [6.45, 7) is 2.04. The summed E-state index contributed by atoms with van der Waals surface area (Å²) in [6.07, 6.45) is 1.56. The van der Waals surface area contributed by atoms with E-state index in [9.17, 15) is 4.79 Å². The average molecular weight is 276 g/mol. The number of ether oxygens (including phenoxy) is 1. The monoisotopic (exact) mass is 276 g/mol. The van der Waals surface area contributed by atoms with Crippen molar-refractivity contribution >= 4 is 17.5 Å². The van der Waals surface area contributed by atoms with Crippen molar-refractivity contribution in [2.45, 2.75) is 11.8 Å². The molecular formula is C14H16N2O2S. The van der Waals surface area contributed by atoms with Gasteiger partial charge in [-0.15, -0.1) is 11.8 Å². The van der Waals surface area contributed by atoms with Crippen LogP contribution < -0.4 is 4.74 Å². The number of ketones is 1. The van der Waals surface area contributed by atoms with E-state index in [1.807, 2.05) is 31.2 Å². The highest BCUT2D eigenvalue weighted by Gasteiger charge is 2.17. The van der Waals surface area contributed by atoms with E-state index < -0.39 is 0 Å². The van der Waals surface area contributed by atoms with Crippen molar-refractivity contribution in [3.05, 3.63) is 41.7 Å². The molecule has 2 aromatic rings. The van der Waals surface area contributed by atoms with Crippen LogP contribution in [-0.2, 0) is 7.05 Å². The van der Waals surface area contributed by atoms with Crippen LogP contribution in [0.1, 0.15) is 16.1 Å². The van der Waals surface area contributed by atoms with E-state index >= 15 is 0 Å². The van der Waals surface area contributed by atoms with Crippen LogP contribution in [0.15, 0.2) is 35.4 Å². The number of aryl methyl sites for hydroxylation is 2. The van der Waals surface area contributed by atoms with E-state index in [0.717, 1.165) is 4.90 Å². The van der Waals surface area contributed by atoms with Gasteiger partial charge in [0.2, 0.25) is 0 Å². The fourth-order valence-corrected chi connectivity index (χ4v) is 2.71. The molecule has 100 valence electrons. The smallest absolute Gasteiger partial charge is 0.194 e. The highest BCUT2D eigenvalue weighted by molar-refractivity contribution is 8.00. The second-order valence-electron chi connectivity index (χ2n) is 4.16. The Labute approximate surface area is 116 Å². The third-order valence-corrected chi connectivity index (χ3v) is 4.02. The summed E-state index contributed by atoms with van der Waals surface area (Å²) in [5.74, 6) is 0.920. The molecular weight excluding hydrogens is 260 g/mol. The lowest BCUT2D eigenvalue weighted by atomic mass is 10.2. The minimum atomic E-state index is 0.0186. The fourth-order valence-electron chi connectivity index (χ4n) is 1.81. The molecule has 5 heteroatoms. The van der Waals surface area contributed by atoms with Gasteiger partial charge in [0, 0.05) is 11.9 Å². The number of hydrogen-bond donors (Lipinski definition) is 0. The second kappa shape index (κ2) is 5.93. The van der Waals surface area contributed by atoms with E-state index in [0.29, 0.717) is 17.2 Å². The van der Waals surface area contributed by atoms with Crippen molar-refractivity contribution in [3.8, 4) is 5.75 Å². The number of carbonyl (C=O) groups is 1. The summed E-state index contributed by atoms with van der Waals surface area (Å²) in [7, 11) is 3.29. The summed E-state index contributed by atoms with van der Waals surface area (Å²) in [4.78, 5) is 13.4. The van der Waals surface area contributed by atoms with Crippen LogP contribution in [0.4, 0.5) is 0 Å². The van der Waals surface area contributed by atoms with Gasteiger partial charge in [-0.05, 0) is 18.6 Å². The Hall–Kier alpha value is -1.75. The lowest BCUT2D eigenvalue weighted by Gasteiger charge is -2.06. The van der Waals surface area contributed by atoms with Crippen LogP contribution in [0.25, 0.3) is 0 Å².